The van der Waals surface area contributed by atoms with Gasteiger partial charge >= 0.3 is 0 Å². The number of fused-ring (bicyclic) bond motifs is 2. The zero-order chi connectivity index (χ0) is 15.6. The van der Waals surface area contributed by atoms with Gasteiger partial charge in [0.2, 0.25) is 0 Å². The molecule has 0 saturated carbocycles. The van der Waals surface area contributed by atoms with Crippen molar-refractivity contribution in [3.05, 3.63) is 48.0 Å². The van der Waals surface area contributed by atoms with Crippen molar-refractivity contribution in [2.24, 2.45) is 4.99 Å². The van der Waals surface area contributed by atoms with Crippen LogP contribution in [0.25, 0.3) is 21.8 Å². The highest BCUT2D eigenvalue weighted by molar-refractivity contribution is 8.14. The number of amidine groups is 1. The lowest BCUT2D eigenvalue weighted by Crippen LogP contribution is -2.26. The van der Waals surface area contributed by atoms with Gasteiger partial charge < -0.3 is 0 Å². The Balaban J connectivity index is 1.91. The minimum atomic E-state index is 0.882. The van der Waals surface area contributed by atoms with Crippen LogP contribution in [0.15, 0.2) is 47.5 Å². The third-order valence-electron chi connectivity index (χ3n) is 4.05. The second-order valence-electron chi connectivity index (χ2n) is 5.45. The maximum atomic E-state index is 4.82. The standard InChI is InChI=1S/C18H18N4S/c1-2-12-6-5-9-15-16(12)17(21-22-18-19-10-11-23-18)13-7-3-4-8-14(13)20-15/h3-9H,2,10-11H2,1H3,(H,19,22)(H,20,21). The van der Waals surface area contributed by atoms with Crippen LogP contribution in [-0.2, 0) is 6.42 Å². The molecule has 2 N–H and O–H groups in total. The molecule has 1 aliphatic heterocycles. The van der Waals surface area contributed by atoms with E-state index in [1.165, 1.54) is 10.9 Å². The minimum Gasteiger partial charge on any atom is -0.298 e. The fourth-order valence-corrected chi connectivity index (χ4v) is 3.65. The van der Waals surface area contributed by atoms with E-state index in [1.54, 1.807) is 11.8 Å². The van der Waals surface area contributed by atoms with Crippen molar-refractivity contribution in [3.8, 4) is 0 Å². The number of aliphatic imine (C=N–C) groups is 1. The zero-order valence-electron chi connectivity index (χ0n) is 13.0. The van der Waals surface area contributed by atoms with Gasteiger partial charge in [-0.3, -0.25) is 15.8 Å². The van der Waals surface area contributed by atoms with E-state index in [-0.39, 0.29) is 0 Å². The molecule has 2 aromatic carbocycles. The van der Waals surface area contributed by atoms with Gasteiger partial charge in [0.15, 0.2) is 5.17 Å². The molecule has 0 atom stereocenters. The molecule has 3 aromatic rings. The third kappa shape index (κ3) is 2.61. The van der Waals surface area contributed by atoms with Gasteiger partial charge in [0.1, 0.15) is 0 Å². The van der Waals surface area contributed by atoms with Crippen LogP contribution >= 0.6 is 11.8 Å². The molecule has 2 heterocycles. The van der Waals surface area contributed by atoms with Crippen LogP contribution in [0.1, 0.15) is 12.5 Å². The second-order valence-corrected chi connectivity index (χ2v) is 6.54. The van der Waals surface area contributed by atoms with Crippen LogP contribution in [0, 0.1) is 0 Å². The highest BCUT2D eigenvalue weighted by Gasteiger charge is 2.13. The topological polar surface area (TPSA) is 49.3 Å². The number of pyridine rings is 1. The first-order valence-corrected chi connectivity index (χ1v) is 8.85. The monoisotopic (exact) mass is 322 g/mol. The third-order valence-corrected chi connectivity index (χ3v) is 4.95. The van der Waals surface area contributed by atoms with Crippen molar-refractivity contribution in [2.75, 3.05) is 17.7 Å². The number of thioether (sulfide) groups is 1. The lowest BCUT2D eigenvalue weighted by atomic mass is 10.0. The molecule has 0 saturated heterocycles. The first kappa shape index (κ1) is 14.3. The van der Waals surface area contributed by atoms with E-state index in [9.17, 15) is 0 Å². The van der Waals surface area contributed by atoms with E-state index in [4.69, 9.17) is 4.98 Å². The molecule has 4 rings (SSSR count). The summed E-state index contributed by atoms with van der Waals surface area (Å²) in [6.45, 7) is 3.06. The van der Waals surface area contributed by atoms with Gasteiger partial charge in [-0.25, -0.2) is 4.98 Å². The maximum absolute atomic E-state index is 4.82. The number of rotatable bonds is 3. The molecular weight excluding hydrogens is 304 g/mol. The molecule has 0 bridgehead atoms. The number of benzene rings is 2. The number of nitrogens with zero attached hydrogens (tertiary/aromatic N) is 2. The summed E-state index contributed by atoms with van der Waals surface area (Å²) in [6.07, 6.45) is 0.974. The molecule has 23 heavy (non-hydrogen) atoms. The normalized spacial score (nSPS) is 14.2. The highest BCUT2D eigenvalue weighted by Crippen LogP contribution is 2.33. The Morgan fingerprint density at radius 2 is 1.91 bits per heavy atom. The van der Waals surface area contributed by atoms with Gasteiger partial charge in [-0.05, 0) is 24.1 Å². The molecule has 0 spiro atoms. The number of hydrogen-bond acceptors (Lipinski definition) is 5. The van der Waals surface area contributed by atoms with Crippen LogP contribution in [0.5, 0.6) is 0 Å². The van der Waals surface area contributed by atoms with E-state index >= 15 is 0 Å². The SMILES string of the molecule is CCc1cccc2nc3ccccc3c(NNC3=NCCS3)c12. The van der Waals surface area contributed by atoms with Crippen LogP contribution in [0.4, 0.5) is 5.69 Å². The summed E-state index contributed by atoms with van der Waals surface area (Å²) in [4.78, 5) is 9.27. The Bertz CT molecular complexity index is 904. The lowest BCUT2D eigenvalue weighted by Gasteiger charge is -2.16. The summed E-state index contributed by atoms with van der Waals surface area (Å²) in [5, 5.41) is 3.26. The summed E-state index contributed by atoms with van der Waals surface area (Å²) in [6, 6.07) is 14.6. The van der Waals surface area contributed by atoms with Crippen molar-refractivity contribution < 1.29 is 0 Å². The van der Waals surface area contributed by atoms with Gasteiger partial charge in [-0.1, -0.05) is 49.0 Å². The Hall–Kier alpha value is -2.27. The van der Waals surface area contributed by atoms with Crippen LogP contribution in [-0.4, -0.2) is 22.4 Å². The van der Waals surface area contributed by atoms with Crippen LogP contribution in [0.3, 0.4) is 0 Å². The first-order chi connectivity index (χ1) is 11.4. The van der Waals surface area contributed by atoms with E-state index in [1.807, 2.05) is 6.07 Å². The number of aromatic nitrogens is 1. The number of anilines is 1. The maximum Gasteiger partial charge on any atom is 0.175 e. The fraction of sp³-hybridized carbons (Fsp3) is 0.222. The van der Waals surface area contributed by atoms with Crippen LogP contribution < -0.4 is 10.9 Å². The zero-order valence-corrected chi connectivity index (χ0v) is 13.8. The molecule has 1 aromatic heterocycles. The van der Waals surface area contributed by atoms with Crippen LogP contribution in [0.2, 0.25) is 0 Å². The molecule has 116 valence electrons. The molecule has 4 nitrogen and oxygen atoms in total. The molecular formula is C18H18N4S. The Kier molecular flexibility index (Phi) is 3.79. The van der Waals surface area contributed by atoms with E-state index < -0.39 is 0 Å². The number of hydrazine groups is 1. The average Bonchev–Trinajstić information content (AvgIpc) is 3.11. The number of aryl methyl sites for hydroxylation is 1. The quantitative estimate of drug-likeness (QED) is 0.566. The van der Waals surface area contributed by atoms with Crippen molar-refractivity contribution in [1.29, 1.82) is 0 Å². The fourth-order valence-electron chi connectivity index (χ4n) is 2.97. The molecule has 1 aliphatic rings. The van der Waals surface area contributed by atoms with Gasteiger partial charge in [-0.2, -0.15) is 0 Å². The molecule has 0 amide bonds. The molecule has 0 aliphatic carbocycles. The number of para-hydroxylation sites is 1. The van der Waals surface area contributed by atoms with Gasteiger partial charge in [0.05, 0.1) is 23.3 Å². The van der Waals surface area contributed by atoms with Gasteiger partial charge in [-0.15, -0.1) is 0 Å². The van der Waals surface area contributed by atoms with E-state index in [0.717, 1.165) is 46.0 Å². The average molecular weight is 322 g/mol. The van der Waals surface area contributed by atoms with E-state index in [0.29, 0.717) is 0 Å². The summed E-state index contributed by atoms with van der Waals surface area (Å²) >= 11 is 1.74. The predicted molar refractivity (Wildman–Crippen MR) is 100 cm³/mol. The van der Waals surface area contributed by atoms with Crippen molar-refractivity contribution in [2.45, 2.75) is 13.3 Å². The predicted octanol–water partition coefficient (Wildman–Crippen LogP) is 3.97. The van der Waals surface area contributed by atoms with Crippen molar-refractivity contribution in [1.82, 2.24) is 10.4 Å². The van der Waals surface area contributed by atoms with Crippen molar-refractivity contribution >= 4 is 44.4 Å². The van der Waals surface area contributed by atoms with E-state index in [2.05, 4.69) is 59.2 Å². The highest BCUT2D eigenvalue weighted by atomic mass is 32.2. The Morgan fingerprint density at radius 3 is 2.74 bits per heavy atom. The summed E-state index contributed by atoms with van der Waals surface area (Å²) in [7, 11) is 0. The molecule has 0 unspecified atom stereocenters. The second kappa shape index (κ2) is 6.08. The smallest absolute Gasteiger partial charge is 0.175 e. The minimum absolute atomic E-state index is 0.882. The largest absolute Gasteiger partial charge is 0.298 e. The number of nitrogens with one attached hydrogen (secondary N) is 2. The molecule has 0 fully saturated rings. The van der Waals surface area contributed by atoms with Gasteiger partial charge in [0, 0.05) is 16.5 Å². The Labute approximate surface area is 139 Å². The summed E-state index contributed by atoms with van der Waals surface area (Å²) in [5.74, 6) is 1.04. The summed E-state index contributed by atoms with van der Waals surface area (Å²) in [5.41, 5.74) is 11.1. The molecule has 5 heteroatoms. The Morgan fingerprint density at radius 1 is 1.04 bits per heavy atom. The summed E-state index contributed by atoms with van der Waals surface area (Å²) < 4.78 is 0. The van der Waals surface area contributed by atoms with Crippen molar-refractivity contribution in [3.63, 3.8) is 0 Å². The molecule has 0 radical (unpaired) electrons. The van der Waals surface area contributed by atoms with Gasteiger partial charge in [0.25, 0.3) is 0 Å². The lowest BCUT2D eigenvalue weighted by molar-refractivity contribution is 1.10. The first-order valence-electron chi connectivity index (χ1n) is 7.86. The number of hydrogen-bond donors (Lipinski definition) is 2.